The van der Waals surface area contributed by atoms with E-state index in [9.17, 15) is 37.5 Å². The van der Waals surface area contributed by atoms with E-state index in [1.54, 1.807) is 41.7 Å². The first-order chi connectivity index (χ1) is 71.7. The number of Topliss-reactive ketones (excluding diaryl/α,β-unsaturated/α-hetero) is 1. The zero-order chi connectivity index (χ0) is 103. The highest BCUT2D eigenvalue weighted by atomic mass is 35.5. The number of anilines is 8. The first-order valence-electron chi connectivity index (χ1n) is 50.0. The third kappa shape index (κ3) is 27.2. The van der Waals surface area contributed by atoms with Crippen molar-refractivity contribution in [1.29, 1.82) is 0 Å². The van der Waals surface area contributed by atoms with Gasteiger partial charge in [0.1, 0.15) is 65.8 Å². The summed E-state index contributed by atoms with van der Waals surface area (Å²) in [6, 6.07) is 47.9. The predicted molar refractivity (Wildman–Crippen MR) is 562 cm³/mol. The molecule has 35 nitrogen and oxygen atoms in total. The molecule has 40 heteroatoms. The van der Waals surface area contributed by atoms with Crippen LogP contribution in [0.2, 0.25) is 5.02 Å². The van der Waals surface area contributed by atoms with E-state index in [0.29, 0.717) is 124 Å². The molecule has 148 heavy (non-hydrogen) atoms. The van der Waals surface area contributed by atoms with Crippen LogP contribution in [0.5, 0.6) is 23.0 Å². The fraction of sp³-hybridized carbons (Fsp3) is 0.389. The van der Waals surface area contributed by atoms with Crippen molar-refractivity contribution >= 4 is 104 Å². The number of ketones is 1. The largest absolute Gasteiger partial charge is 0.492 e. The monoisotopic (exact) mass is 2050 g/mol. The highest BCUT2D eigenvalue weighted by molar-refractivity contribution is 7.99. The number of aliphatic hydroxyl groups is 1. The number of hydrogen-bond acceptors (Lipinski definition) is 31. The molecule has 2 atom stereocenters. The Kier molecular flexibility index (Phi) is 34.0. The molecule has 6 fully saturated rings. The molecular formula is C108H123ClF3N25O10S. The summed E-state index contributed by atoms with van der Waals surface area (Å²) in [6.07, 6.45) is 8.46. The number of alkyl halides is 3. The van der Waals surface area contributed by atoms with E-state index in [2.05, 4.69) is 127 Å². The van der Waals surface area contributed by atoms with Crippen molar-refractivity contribution in [2.45, 2.75) is 113 Å². The second kappa shape index (κ2) is 48.4. The second-order valence-electron chi connectivity index (χ2n) is 38.6. The van der Waals surface area contributed by atoms with Crippen molar-refractivity contribution in [2.75, 3.05) is 198 Å². The van der Waals surface area contributed by atoms with E-state index in [4.69, 9.17) is 45.3 Å². The van der Waals surface area contributed by atoms with Crippen molar-refractivity contribution < 1.29 is 61.1 Å². The number of aryl methyl sites for hydroxylation is 2. The van der Waals surface area contributed by atoms with Gasteiger partial charge in [-0.3, -0.25) is 39.2 Å². The van der Waals surface area contributed by atoms with Gasteiger partial charge in [0.2, 0.25) is 18.6 Å². The molecule has 1 aliphatic carbocycles. The Morgan fingerprint density at radius 2 is 1.41 bits per heavy atom. The standard InChI is InChI=1S/C32H33F3N6O.C27H32ClN5O5.C26H30N6O3.C23H28N8OS/c1-21-4-5-22(12-25(21)15-31-38-10-8-29(39-31)26-16-36-20-37-17-26)13-30(42)23-6-7-24(28(14-23)32(33,34)35)18-41-11-9-27(19-41)40(2)3;1-32-6-8-33(9-7-32)10-13-35-19-14-21-24(23(15-19)38-18-4-11-34-12-5-18)27(30-16-29-21)31-25-20(28)2-3-22-26(25)37-17-36-22;1-30-11-13-31(14-12-30)20-9-7-19(8-10-20)25(34)27-24-21-15-32(16-23(21)28-29-24)26(35)22(17-33)18-5-3-2-4-6-18;1-15-13-20(29-28-15)25-19-14-21(31-11-9-30(2)10-12-31)27-23(26-19)33-18-7-5-17(6-8-18)24-22(32)16-3-4-16/h4-8,10,12,14,16-17,20,27H,9,11,13,15,18-19H2,1-3H3;2-3,14-16,18H,4-13,17H2,1H3,(H,29,30,31);2-10,22,33H,11-17H2,1H3,(H2,27,28,29,34);5-8,13-14,16H,3-4,9-12H2,1-2H3,(H,24,32)(H2,25,26,27,28,29)/t;;22-;/m..1./s1. The minimum absolute atomic E-state index is 0.0111. The number of ether oxygens (including phenoxy) is 5. The number of amides is 3. The molecule has 6 aromatic heterocycles. The lowest BCUT2D eigenvalue weighted by atomic mass is 9.95. The lowest BCUT2D eigenvalue weighted by Gasteiger charge is -2.34. The third-order valence-corrected chi connectivity index (χ3v) is 28.8. The zero-order valence-corrected chi connectivity index (χ0v) is 85.5. The minimum Gasteiger partial charge on any atom is -0.492 e. The number of H-pyrrole nitrogens is 2. The van der Waals surface area contributed by atoms with Crippen LogP contribution in [-0.4, -0.2) is 302 Å². The molecule has 0 radical (unpaired) electrons. The third-order valence-electron chi connectivity index (χ3n) is 27.6. The Morgan fingerprint density at radius 3 is 2.11 bits per heavy atom. The van der Waals surface area contributed by atoms with E-state index in [1.807, 2.05) is 154 Å². The summed E-state index contributed by atoms with van der Waals surface area (Å²) in [5.74, 6) is 5.42. The highest BCUT2D eigenvalue weighted by Gasteiger charge is 2.38. The zero-order valence-electron chi connectivity index (χ0n) is 84.0. The maximum atomic E-state index is 14.1. The SMILES string of the molecule is CN1CCN(CCOc2cc(OC3CCOCC3)c3c(Nc4c(Cl)ccc5c4OCO5)ncnc3c2)CC1.CN1CCN(c2ccc(C(=O)Nc3n[nH]c4c3CN(C(=O)[C@H](CO)c3ccccc3)C4)cc2)CC1.Cc1cc(Nc2cc(N3CCN(C)CC3)nc(Sc3ccc(NC(=O)C4CC4)cc3)n2)n[nH]1.Cc1ccc(CC(=O)c2ccc(CN3CCC(N(C)C)C3)c(C(F)(F)F)c2)cc1Cc1nccc(-c2cncnc2)n1. The number of benzene rings is 7. The molecule has 1 saturated carbocycles. The number of fused-ring (bicyclic) bond motifs is 3. The van der Waals surface area contributed by atoms with Crippen molar-refractivity contribution in [3.8, 4) is 34.3 Å². The Morgan fingerprint density at radius 1 is 0.669 bits per heavy atom. The van der Waals surface area contributed by atoms with Crippen molar-refractivity contribution in [1.82, 2.24) is 94.6 Å². The fourth-order valence-corrected chi connectivity index (χ4v) is 19.5. The summed E-state index contributed by atoms with van der Waals surface area (Å²) in [6.45, 7) is 21.1. The van der Waals surface area contributed by atoms with Gasteiger partial charge in [-0.1, -0.05) is 72.3 Å². The molecule has 0 spiro atoms. The molecule has 3 amide bonds. The molecule has 0 bridgehead atoms. The molecule has 13 heterocycles. The number of rotatable bonds is 30. The average Bonchev–Trinajstić information content (AvgIpc) is 1.67. The van der Waals surface area contributed by atoms with Gasteiger partial charge in [-0.25, -0.2) is 39.9 Å². The Hall–Kier alpha value is -13.9. The molecule has 5 saturated heterocycles. The summed E-state index contributed by atoms with van der Waals surface area (Å²) in [7, 11) is 10.4. The van der Waals surface area contributed by atoms with Gasteiger partial charge in [0.15, 0.2) is 34.1 Å². The van der Waals surface area contributed by atoms with Crippen LogP contribution in [0.1, 0.15) is 115 Å². The lowest BCUT2D eigenvalue weighted by molar-refractivity contribution is -0.138. The molecule has 7 aromatic carbocycles. The number of nitrogens with zero attached hydrogens (tertiary/aromatic N) is 19. The van der Waals surface area contributed by atoms with Gasteiger partial charge in [-0.05, 0) is 181 Å². The number of aromatic nitrogens is 12. The van der Waals surface area contributed by atoms with Crippen LogP contribution in [0.25, 0.3) is 22.2 Å². The number of aromatic amines is 2. The summed E-state index contributed by atoms with van der Waals surface area (Å²) >= 11 is 8.05. The number of likely N-dealkylation sites (N-methyl/N-ethyl adjacent to an activating group) is 4. The number of nitrogens with one attached hydrogen (secondary N) is 6. The van der Waals surface area contributed by atoms with E-state index >= 15 is 0 Å². The maximum Gasteiger partial charge on any atom is 0.416 e. The Bertz CT molecular complexity index is 6750. The van der Waals surface area contributed by atoms with Crippen LogP contribution in [0.3, 0.4) is 0 Å². The van der Waals surface area contributed by atoms with Gasteiger partial charge >= 0.3 is 6.18 Å². The average molecular weight is 2060 g/mol. The van der Waals surface area contributed by atoms with Gasteiger partial charge in [0.25, 0.3) is 5.91 Å². The van der Waals surface area contributed by atoms with Crippen LogP contribution >= 0.6 is 23.4 Å². The highest BCUT2D eigenvalue weighted by Crippen LogP contribution is 2.47. The van der Waals surface area contributed by atoms with Gasteiger partial charge in [-0.2, -0.15) is 23.4 Å². The number of carbonyl (C=O) groups is 4. The van der Waals surface area contributed by atoms with E-state index in [-0.39, 0.29) is 73.0 Å². The van der Waals surface area contributed by atoms with Crippen molar-refractivity contribution in [3.63, 3.8) is 0 Å². The number of likely N-dealkylation sites (tertiary alicyclic amines) is 1. The Labute approximate surface area is 866 Å². The molecule has 13 aromatic rings. The topological polar surface area (TPSA) is 372 Å². The van der Waals surface area contributed by atoms with Crippen LogP contribution in [0.4, 0.5) is 59.3 Å². The first kappa shape index (κ1) is 104. The number of carbonyl (C=O) groups excluding carboxylic acids is 4. The van der Waals surface area contributed by atoms with Gasteiger partial charge in [-0.15, -0.1) is 0 Å². The normalized spacial score (nSPS) is 16.9. The molecule has 21 rings (SSSR count). The molecule has 8 aliphatic rings. The smallest absolute Gasteiger partial charge is 0.416 e. The molecular weight excluding hydrogens is 1930 g/mol. The summed E-state index contributed by atoms with van der Waals surface area (Å²) < 4.78 is 71.7. The Balaban J connectivity index is 0.000000130. The number of piperazine rings is 3. The summed E-state index contributed by atoms with van der Waals surface area (Å²) in [5.41, 5.74) is 10.8. The van der Waals surface area contributed by atoms with Gasteiger partial charge < -0.3 is 84.4 Å². The minimum atomic E-state index is -4.55. The van der Waals surface area contributed by atoms with E-state index in [0.717, 1.165) is 214 Å². The molecule has 7 aliphatic heterocycles. The predicted octanol–water partition coefficient (Wildman–Crippen LogP) is 14.9. The van der Waals surface area contributed by atoms with Crippen LogP contribution in [0, 0.1) is 19.8 Å². The molecule has 1 unspecified atom stereocenters. The number of hydrogen-bond donors (Lipinski definition) is 7. The van der Waals surface area contributed by atoms with Crippen LogP contribution in [-0.2, 0) is 53.0 Å². The van der Waals surface area contributed by atoms with Crippen LogP contribution in [0.15, 0.2) is 199 Å². The fourth-order valence-electron chi connectivity index (χ4n) is 18.6. The van der Waals surface area contributed by atoms with Gasteiger partial charge in [0.05, 0.1) is 71.7 Å². The first-order valence-corrected chi connectivity index (χ1v) is 51.2. The van der Waals surface area contributed by atoms with Crippen LogP contribution < -0.4 is 50.0 Å². The van der Waals surface area contributed by atoms with E-state index < -0.39 is 17.7 Å². The quantitative estimate of drug-likeness (QED) is 0.0162. The lowest BCUT2D eigenvalue weighted by Crippen LogP contribution is -2.45. The maximum absolute atomic E-state index is 14.1. The second-order valence-corrected chi connectivity index (χ2v) is 40.0. The van der Waals surface area contributed by atoms with E-state index in [1.165, 1.54) is 36.5 Å². The summed E-state index contributed by atoms with van der Waals surface area (Å²) in [5, 5.41) is 38.7. The number of halogens is 4. The van der Waals surface area contributed by atoms with Gasteiger partial charge in [0, 0.05) is 229 Å². The van der Waals surface area contributed by atoms with Crippen molar-refractivity contribution in [2.24, 2.45) is 5.92 Å². The van der Waals surface area contributed by atoms with Crippen molar-refractivity contribution in [3.05, 3.63) is 261 Å². The molecule has 7 N–H and O–H groups in total. The molecule has 774 valence electrons. The number of aliphatic hydroxyl groups excluding tert-OH is 1. The summed E-state index contributed by atoms with van der Waals surface area (Å²) in [4.78, 5) is 108.